The quantitative estimate of drug-likeness (QED) is 0.630. The molecule has 1 aliphatic rings. The van der Waals surface area contributed by atoms with E-state index in [-0.39, 0.29) is 24.1 Å². The van der Waals surface area contributed by atoms with E-state index in [4.69, 9.17) is 4.74 Å². The van der Waals surface area contributed by atoms with Crippen molar-refractivity contribution >= 4 is 22.7 Å². The summed E-state index contributed by atoms with van der Waals surface area (Å²) in [6.45, 7) is 3.76. The first kappa shape index (κ1) is 19.8. The van der Waals surface area contributed by atoms with Crippen molar-refractivity contribution in [2.75, 3.05) is 7.11 Å². The minimum Gasteiger partial charge on any atom is -0.481 e. The molecule has 0 spiro atoms. The van der Waals surface area contributed by atoms with E-state index in [9.17, 15) is 14.0 Å². The van der Waals surface area contributed by atoms with Crippen LogP contribution >= 0.6 is 0 Å². The lowest BCUT2D eigenvalue weighted by molar-refractivity contribution is -0.125. The van der Waals surface area contributed by atoms with Gasteiger partial charge >= 0.3 is 6.03 Å². The Morgan fingerprint density at radius 3 is 2.60 bits per heavy atom. The third kappa shape index (κ3) is 3.26. The predicted octanol–water partition coefficient (Wildman–Crippen LogP) is 3.83. The Hall–Kier alpha value is -3.48. The number of fused-ring (bicyclic) bond motifs is 1. The second-order valence-electron chi connectivity index (χ2n) is 7.75. The van der Waals surface area contributed by atoms with Crippen molar-refractivity contribution in [1.29, 1.82) is 0 Å². The van der Waals surface area contributed by atoms with Crippen molar-refractivity contribution < 1.29 is 18.7 Å². The number of halogens is 1. The van der Waals surface area contributed by atoms with Gasteiger partial charge in [0, 0.05) is 22.9 Å². The summed E-state index contributed by atoms with van der Waals surface area (Å²) in [5.41, 5.74) is 1.00. The molecular weight excluding hydrogens is 385 g/mol. The van der Waals surface area contributed by atoms with Crippen molar-refractivity contribution in [2.45, 2.75) is 25.8 Å². The zero-order chi connectivity index (χ0) is 21.5. The van der Waals surface area contributed by atoms with Gasteiger partial charge in [0.15, 0.2) is 0 Å². The average molecular weight is 407 g/mol. The minimum atomic E-state index is -1.07. The van der Waals surface area contributed by atoms with Crippen molar-refractivity contribution in [2.24, 2.45) is 5.92 Å². The Bertz CT molecular complexity index is 1160. The fourth-order valence-electron chi connectivity index (χ4n) is 3.88. The summed E-state index contributed by atoms with van der Waals surface area (Å²) in [5.74, 6) is -0.440. The van der Waals surface area contributed by atoms with E-state index in [0.29, 0.717) is 22.5 Å². The Labute approximate surface area is 173 Å². The third-order valence-electron chi connectivity index (χ3n) is 5.68. The molecular formula is C23H22FN3O3. The molecule has 0 radical (unpaired) electrons. The molecule has 0 saturated carbocycles. The lowest BCUT2D eigenvalue weighted by Crippen LogP contribution is -2.53. The number of carbonyl (C=O) groups excluding carboxylic acids is 2. The summed E-state index contributed by atoms with van der Waals surface area (Å²) in [4.78, 5) is 28.9. The molecule has 3 amide bonds. The standard InChI is InChI=1S/C23H22FN3O3/c1-13(2)23(21(28)26-22(29)27-23)12-16-9-10-19(25-20(16)30-3)15-8-7-14-5-4-6-18(24)17(14)11-15/h4-11,13H,12H2,1-3H3,(H2,26,27,28,29). The summed E-state index contributed by atoms with van der Waals surface area (Å²) in [6, 6.07) is 13.6. The molecule has 1 fully saturated rings. The highest BCUT2D eigenvalue weighted by Gasteiger charge is 2.49. The smallest absolute Gasteiger partial charge is 0.322 e. The van der Waals surface area contributed by atoms with Gasteiger partial charge in [-0.25, -0.2) is 14.2 Å². The highest BCUT2D eigenvalue weighted by molar-refractivity contribution is 6.07. The molecule has 2 aromatic carbocycles. The highest BCUT2D eigenvalue weighted by atomic mass is 19.1. The first-order valence-corrected chi connectivity index (χ1v) is 9.70. The largest absolute Gasteiger partial charge is 0.481 e. The Morgan fingerprint density at radius 1 is 1.13 bits per heavy atom. The monoisotopic (exact) mass is 407 g/mol. The van der Waals surface area contributed by atoms with Crippen LogP contribution in [0.2, 0.25) is 0 Å². The number of benzene rings is 2. The van der Waals surface area contributed by atoms with Crippen LogP contribution in [0.15, 0.2) is 48.5 Å². The number of ether oxygens (including phenoxy) is 1. The van der Waals surface area contributed by atoms with Gasteiger partial charge in [0.2, 0.25) is 5.88 Å². The molecule has 7 heteroatoms. The van der Waals surface area contributed by atoms with Crippen molar-refractivity contribution in [3.8, 4) is 17.1 Å². The van der Waals surface area contributed by atoms with E-state index >= 15 is 0 Å². The lowest BCUT2D eigenvalue weighted by Gasteiger charge is -2.30. The second kappa shape index (κ2) is 7.40. The van der Waals surface area contributed by atoms with E-state index in [1.54, 1.807) is 12.1 Å². The van der Waals surface area contributed by atoms with Crippen LogP contribution < -0.4 is 15.4 Å². The minimum absolute atomic E-state index is 0.142. The fourth-order valence-corrected chi connectivity index (χ4v) is 3.88. The number of nitrogens with one attached hydrogen (secondary N) is 2. The first-order chi connectivity index (χ1) is 14.3. The summed E-state index contributed by atoms with van der Waals surface area (Å²) in [5, 5.41) is 6.41. The maximum absolute atomic E-state index is 14.2. The number of rotatable bonds is 5. The molecule has 0 bridgehead atoms. The van der Waals surface area contributed by atoms with Crippen LogP contribution in [0.5, 0.6) is 5.88 Å². The first-order valence-electron chi connectivity index (χ1n) is 9.70. The molecule has 1 aromatic heterocycles. The molecule has 1 saturated heterocycles. The Kier molecular flexibility index (Phi) is 4.89. The summed E-state index contributed by atoms with van der Waals surface area (Å²) in [7, 11) is 1.50. The van der Waals surface area contributed by atoms with Crippen LogP contribution in [0.4, 0.5) is 9.18 Å². The van der Waals surface area contributed by atoms with Gasteiger partial charge in [-0.1, -0.05) is 44.2 Å². The average Bonchev–Trinajstić information content (AvgIpc) is 3.02. The number of nitrogens with zero attached hydrogens (tertiary/aromatic N) is 1. The van der Waals surface area contributed by atoms with E-state index in [1.165, 1.54) is 13.2 Å². The molecule has 0 aliphatic carbocycles. The fraction of sp³-hybridized carbons (Fsp3) is 0.261. The number of imide groups is 1. The zero-order valence-electron chi connectivity index (χ0n) is 17.0. The molecule has 2 heterocycles. The number of methoxy groups -OCH3 is 1. The zero-order valence-corrected chi connectivity index (χ0v) is 17.0. The van der Waals surface area contributed by atoms with E-state index in [0.717, 1.165) is 10.9 Å². The highest BCUT2D eigenvalue weighted by Crippen LogP contribution is 2.32. The summed E-state index contributed by atoms with van der Waals surface area (Å²) < 4.78 is 19.7. The van der Waals surface area contributed by atoms with Gasteiger partial charge in [-0.2, -0.15) is 0 Å². The maximum Gasteiger partial charge on any atom is 0.322 e. The van der Waals surface area contributed by atoms with Gasteiger partial charge in [-0.3, -0.25) is 10.1 Å². The van der Waals surface area contributed by atoms with Crippen LogP contribution in [-0.4, -0.2) is 29.6 Å². The number of aromatic nitrogens is 1. The predicted molar refractivity (Wildman–Crippen MR) is 112 cm³/mol. The normalized spacial score (nSPS) is 18.6. The van der Waals surface area contributed by atoms with Crippen LogP contribution in [0.25, 0.3) is 22.0 Å². The number of pyridine rings is 1. The van der Waals surface area contributed by atoms with E-state index < -0.39 is 11.6 Å². The van der Waals surface area contributed by atoms with Crippen LogP contribution in [-0.2, 0) is 11.2 Å². The van der Waals surface area contributed by atoms with Crippen molar-refractivity contribution in [3.63, 3.8) is 0 Å². The molecule has 30 heavy (non-hydrogen) atoms. The van der Waals surface area contributed by atoms with Gasteiger partial charge in [0.1, 0.15) is 11.4 Å². The molecule has 4 rings (SSSR count). The third-order valence-corrected chi connectivity index (χ3v) is 5.68. The molecule has 6 nitrogen and oxygen atoms in total. The van der Waals surface area contributed by atoms with Gasteiger partial charge in [0.05, 0.1) is 12.8 Å². The SMILES string of the molecule is COc1nc(-c2ccc3cccc(F)c3c2)ccc1CC1(C(C)C)NC(=O)NC1=O. The number of hydrogen-bond donors (Lipinski definition) is 2. The van der Waals surface area contributed by atoms with E-state index in [2.05, 4.69) is 15.6 Å². The molecule has 1 aliphatic heterocycles. The van der Waals surface area contributed by atoms with Crippen molar-refractivity contribution in [1.82, 2.24) is 15.6 Å². The second-order valence-corrected chi connectivity index (χ2v) is 7.75. The topological polar surface area (TPSA) is 80.3 Å². The summed E-state index contributed by atoms with van der Waals surface area (Å²) in [6.07, 6.45) is 0.241. The maximum atomic E-state index is 14.2. The molecule has 1 unspecified atom stereocenters. The number of hydrogen-bond acceptors (Lipinski definition) is 4. The van der Waals surface area contributed by atoms with Crippen LogP contribution in [0, 0.1) is 11.7 Å². The summed E-state index contributed by atoms with van der Waals surface area (Å²) >= 11 is 0. The molecule has 154 valence electrons. The van der Waals surface area contributed by atoms with Crippen LogP contribution in [0.3, 0.4) is 0 Å². The Balaban J connectivity index is 1.73. The van der Waals surface area contributed by atoms with Gasteiger partial charge < -0.3 is 10.1 Å². The molecule has 3 aromatic rings. The molecule has 1 atom stereocenters. The van der Waals surface area contributed by atoms with Gasteiger partial charge in [0.25, 0.3) is 5.91 Å². The molecule has 2 N–H and O–H groups in total. The van der Waals surface area contributed by atoms with Crippen molar-refractivity contribution in [3.05, 3.63) is 59.9 Å². The van der Waals surface area contributed by atoms with Gasteiger partial charge in [-0.05, 0) is 29.5 Å². The number of carbonyl (C=O) groups is 2. The lowest BCUT2D eigenvalue weighted by atomic mass is 9.81. The number of urea groups is 1. The van der Waals surface area contributed by atoms with Gasteiger partial charge in [-0.15, -0.1) is 0 Å². The number of amides is 3. The van der Waals surface area contributed by atoms with E-state index in [1.807, 2.05) is 44.2 Å². The Morgan fingerprint density at radius 2 is 1.93 bits per heavy atom. The van der Waals surface area contributed by atoms with Crippen LogP contribution in [0.1, 0.15) is 19.4 Å².